The average Bonchev–Trinajstić information content (AvgIpc) is 3.02. The number of rotatable bonds is 3. The molecule has 104 valence electrons. The van der Waals surface area contributed by atoms with Gasteiger partial charge in [-0.25, -0.2) is 14.6 Å². The normalized spacial score (nSPS) is 10.3. The van der Waals surface area contributed by atoms with Crippen molar-refractivity contribution in [3.05, 3.63) is 65.2 Å². The zero-order valence-electron chi connectivity index (χ0n) is 10.8. The minimum absolute atomic E-state index is 0.229. The highest BCUT2D eigenvalue weighted by molar-refractivity contribution is 9.10. The van der Waals surface area contributed by atoms with Gasteiger partial charge in [0.25, 0.3) is 5.91 Å². The molecule has 0 unspecified atom stereocenters. The third-order valence-corrected chi connectivity index (χ3v) is 3.27. The van der Waals surface area contributed by atoms with Gasteiger partial charge in [0.2, 0.25) is 0 Å². The van der Waals surface area contributed by atoms with Crippen molar-refractivity contribution in [2.24, 2.45) is 0 Å². The molecule has 0 aliphatic heterocycles. The van der Waals surface area contributed by atoms with E-state index in [1.165, 1.54) is 6.33 Å². The van der Waals surface area contributed by atoms with E-state index >= 15 is 0 Å². The van der Waals surface area contributed by atoms with Gasteiger partial charge < -0.3 is 5.32 Å². The van der Waals surface area contributed by atoms with Crippen molar-refractivity contribution < 1.29 is 4.79 Å². The second-order valence-electron chi connectivity index (χ2n) is 4.17. The molecule has 7 heteroatoms. The summed E-state index contributed by atoms with van der Waals surface area (Å²) in [4.78, 5) is 20.3. The summed E-state index contributed by atoms with van der Waals surface area (Å²) in [6, 6.07) is 10.5. The highest BCUT2D eigenvalue weighted by atomic mass is 79.9. The third kappa shape index (κ3) is 3.14. The lowest BCUT2D eigenvalue weighted by atomic mass is 10.2. The van der Waals surface area contributed by atoms with E-state index in [1.807, 2.05) is 12.1 Å². The first-order valence-electron chi connectivity index (χ1n) is 6.11. The van der Waals surface area contributed by atoms with Gasteiger partial charge in [-0.1, -0.05) is 15.9 Å². The fourth-order valence-corrected chi connectivity index (χ4v) is 2.00. The van der Waals surface area contributed by atoms with E-state index in [2.05, 4.69) is 36.3 Å². The lowest BCUT2D eigenvalue weighted by Gasteiger charge is -2.06. The Balaban J connectivity index is 1.80. The summed E-state index contributed by atoms with van der Waals surface area (Å²) < 4.78 is 2.51. The topological polar surface area (TPSA) is 72.7 Å². The molecule has 2 aromatic heterocycles. The lowest BCUT2D eigenvalue weighted by Crippen LogP contribution is -2.13. The summed E-state index contributed by atoms with van der Waals surface area (Å²) in [5.74, 6) is 0.775. The van der Waals surface area contributed by atoms with Crippen molar-refractivity contribution in [2.75, 3.05) is 5.32 Å². The maximum Gasteiger partial charge on any atom is 0.256 e. The number of nitrogens with zero attached hydrogens (tertiary/aromatic N) is 4. The molecule has 0 aliphatic rings. The number of carbonyl (C=O) groups excluding carboxylic acids is 1. The van der Waals surface area contributed by atoms with Crippen LogP contribution in [0.4, 0.5) is 5.82 Å². The van der Waals surface area contributed by atoms with Crippen LogP contribution >= 0.6 is 15.9 Å². The number of carbonyl (C=O) groups is 1. The molecule has 0 fully saturated rings. The first kappa shape index (κ1) is 13.4. The molecule has 1 amide bonds. The highest BCUT2D eigenvalue weighted by Gasteiger charge is 2.08. The Labute approximate surface area is 129 Å². The van der Waals surface area contributed by atoms with Gasteiger partial charge >= 0.3 is 0 Å². The van der Waals surface area contributed by atoms with Crippen LogP contribution < -0.4 is 5.32 Å². The Kier molecular flexibility index (Phi) is 3.74. The maximum absolute atomic E-state index is 12.1. The number of aromatic nitrogens is 4. The Morgan fingerprint density at radius 3 is 2.71 bits per heavy atom. The first-order chi connectivity index (χ1) is 10.2. The van der Waals surface area contributed by atoms with Crippen molar-refractivity contribution in [1.82, 2.24) is 19.7 Å². The van der Waals surface area contributed by atoms with Crippen LogP contribution in [0.1, 0.15) is 10.4 Å². The van der Waals surface area contributed by atoms with Gasteiger partial charge in [0, 0.05) is 28.5 Å². The van der Waals surface area contributed by atoms with Crippen molar-refractivity contribution in [1.29, 1.82) is 0 Å². The minimum Gasteiger partial charge on any atom is -0.306 e. The van der Waals surface area contributed by atoms with Gasteiger partial charge in [0.1, 0.15) is 12.1 Å². The fourth-order valence-electron chi connectivity index (χ4n) is 1.73. The molecule has 0 atom stereocenters. The van der Waals surface area contributed by atoms with Crippen molar-refractivity contribution in [2.45, 2.75) is 0 Å². The minimum atomic E-state index is -0.229. The van der Waals surface area contributed by atoms with Crippen LogP contribution in [0.15, 0.2) is 59.6 Å². The van der Waals surface area contributed by atoms with Crippen LogP contribution in [0.5, 0.6) is 0 Å². The van der Waals surface area contributed by atoms with Gasteiger partial charge in [-0.3, -0.25) is 4.79 Å². The van der Waals surface area contributed by atoms with Gasteiger partial charge in [-0.05, 0) is 30.3 Å². The molecule has 2 heterocycles. The van der Waals surface area contributed by atoms with Gasteiger partial charge in [-0.2, -0.15) is 5.10 Å². The van der Waals surface area contributed by atoms with Crippen LogP contribution in [0.25, 0.3) is 5.82 Å². The van der Waals surface area contributed by atoms with E-state index in [1.54, 1.807) is 41.3 Å². The molecule has 0 bridgehead atoms. The van der Waals surface area contributed by atoms with Gasteiger partial charge in [0.05, 0.1) is 0 Å². The molecule has 1 N–H and O–H groups in total. The standard InChI is InChI=1S/C14H10BrN5O/c15-11-4-2-10(3-5-11)14(21)19-12-8-13(17-9-16-12)20-7-1-6-18-20/h1-9H,(H,16,17,19,21). The SMILES string of the molecule is O=C(Nc1cc(-n2cccn2)ncn1)c1ccc(Br)cc1. The van der Waals surface area contributed by atoms with Crippen LogP contribution in [-0.4, -0.2) is 25.7 Å². The largest absolute Gasteiger partial charge is 0.306 e. The number of nitrogens with one attached hydrogen (secondary N) is 1. The summed E-state index contributed by atoms with van der Waals surface area (Å²) in [5, 5.41) is 6.82. The lowest BCUT2D eigenvalue weighted by molar-refractivity contribution is 0.102. The third-order valence-electron chi connectivity index (χ3n) is 2.74. The monoisotopic (exact) mass is 343 g/mol. The Morgan fingerprint density at radius 2 is 2.00 bits per heavy atom. The predicted octanol–water partition coefficient (Wildman–Crippen LogP) is 2.68. The number of benzene rings is 1. The molecule has 0 saturated heterocycles. The molecule has 3 aromatic rings. The second kappa shape index (κ2) is 5.84. The molecule has 0 radical (unpaired) electrons. The van der Waals surface area contributed by atoms with Gasteiger partial charge in [-0.15, -0.1) is 0 Å². The molecule has 6 nitrogen and oxygen atoms in total. The van der Waals surface area contributed by atoms with E-state index in [0.29, 0.717) is 17.2 Å². The van der Waals surface area contributed by atoms with E-state index in [9.17, 15) is 4.79 Å². The Bertz CT molecular complexity index is 755. The molecule has 0 saturated carbocycles. The number of halogens is 1. The van der Waals surface area contributed by atoms with Gasteiger partial charge in [0.15, 0.2) is 5.82 Å². The number of hydrogen-bond donors (Lipinski definition) is 1. The molecule has 1 aromatic carbocycles. The summed E-state index contributed by atoms with van der Waals surface area (Å²) in [6.07, 6.45) is 4.80. The van der Waals surface area contributed by atoms with E-state index in [-0.39, 0.29) is 5.91 Å². The molecular weight excluding hydrogens is 334 g/mol. The number of hydrogen-bond acceptors (Lipinski definition) is 4. The summed E-state index contributed by atoms with van der Waals surface area (Å²) in [5.41, 5.74) is 0.553. The maximum atomic E-state index is 12.1. The zero-order chi connectivity index (χ0) is 14.7. The predicted molar refractivity (Wildman–Crippen MR) is 81.2 cm³/mol. The first-order valence-corrected chi connectivity index (χ1v) is 6.91. The fraction of sp³-hybridized carbons (Fsp3) is 0. The highest BCUT2D eigenvalue weighted by Crippen LogP contribution is 2.13. The van der Waals surface area contributed by atoms with Crippen LogP contribution in [0, 0.1) is 0 Å². The molecule has 0 spiro atoms. The smallest absolute Gasteiger partial charge is 0.256 e. The Morgan fingerprint density at radius 1 is 1.19 bits per heavy atom. The zero-order valence-corrected chi connectivity index (χ0v) is 12.4. The van der Waals surface area contributed by atoms with Crippen LogP contribution in [0.2, 0.25) is 0 Å². The van der Waals surface area contributed by atoms with Crippen LogP contribution in [0.3, 0.4) is 0 Å². The molecule has 21 heavy (non-hydrogen) atoms. The van der Waals surface area contributed by atoms with Crippen molar-refractivity contribution >= 4 is 27.7 Å². The average molecular weight is 344 g/mol. The Hall–Kier alpha value is -2.54. The van der Waals surface area contributed by atoms with E-state index in [4.69, 9.17) is 0 Å². The van der Waals surface area contributed by atoms with Crippen LogP contribution in [-0.2, 0) is 0 Å². The van der Waals surface area contributed by atoms with E-state index < -0.39 is 0 Å². The second-order valence-corrected chi connectivity index (χ2v) is 5.09. The van der Waals surface area contributed by atoms with E-state index in [0.717, 1.165) is 4.47 Å². The van der Waals surface area contributed by atoms with Crippen molar-refractivity contribution in [3.8, 4) is 5.82 Å². The number of amides is 1. The number of anilines is 1. The molecule has 3 rings (SSSR count). The summed E-state index contributed by atoms with van der Waals surface area (Å²) >= 11 is 3.33. The van der Waals surface area contributed by atoms with Crippen molar-refractivity contribution in [3.63, 3.8) is 0 Å². The molecular formula is C14H10BrN5O. The molecule has 0 aliphatic carbocycles. The summed E-state index contributed by atoms with van der Waals surface area (Å²) in [7, 11) is 0. The summed E-state index contributed by atoms with van der Waals surface area (Å²) in [6.45, 7) is 0. The quantitative estimate of drug-likeness (QED) is 0.793.